The second kappa shape index (κ2) is 3.89. The van der Waals surface area contributed by atoms with Crippen molar-refractivity contribution in [3.8, 4) is 5.88 Å². The molecule has 0 saturated carbocycles. The molecule has 0 saturated heterocycles. The molecular formula is C9H12N2O2. The van der Waals surface area contributed by atoms with Crippen LogP contribution in [0.15, 0.2) is 18.3 Å². The van der Waals surface area contributed by atoms with Crippen molar-refractivity contribution in [2.45, 2.75) is 12.8 Å². The molecule has 70 valence electrons. The van der Waals surface area contributed by atoms with Gasteiger partial charge in [-0.1, -0.05) is 6.07 Å². The first-order valence-electron chi connectivity index (χ1n) is 3.95. The average molecular weight is 180 g/mol. The van der Waals surface area contributed by atoms with Crippen LogP contribution < -0.4 is 10.5 Å². The normalized spacial score (nSPS) is 12.2. The molecule has 0 aliphatic rings. The Hall–Kier alpha value is -1.58. The van der Waals surface area contributed by atoms with Gasteiger partial charge < -0.3 is 10.5 Å². The number of primary amides is 1. The van der Waals surface area contributed by atoms with E-state index in [1.807, 2.05) is 0 Å². The molecule has 1 atom stereocenters. The van der Waals surface area contributed by atoms with Gasteiger partial charge in [0.1, 0.15) is 0 Å². The molecule has 1 heterocycles. The molecule has 4 nitrogen and oxygen atoms in total. The molecule has 1 unspecified atom stereocenters. The monoisotopic (exact) mass is 180 g/mol. The lowest BCUT2D eigenvalue weighted by molar-refractivity contribution is -0.119. The van der Waals surface area contributed by atoms with E-state index >= 15 is 0 Å². The van der Waals surface area contributed by atoms with Crippen molar-refractivity contribution in [2.75, 3.05) is 7.11 Å². The Balaban J connectivity index is 3.05. The number of rotatable bonds is 3. The number of nitrogens with two attached hydrogens (primary N) is 1. The zero-order valence-electron chi connectivity index (χ0n) is 7.65. The minimum absolute atomic E-state index is 0.372. The molecule has 1 aromatic rings. The van der Waals surface area contributed by atoms with Crippen molar-refractivity contribution in [3.63, 3.8) is 0 Å². The highest BCUT2D eigenvalue weighted by molar-refractivity contribution is 5.82. The molecule has 0 radical (unpaired) electrons. The van der Waals surface area contributed by atoms with Crippen molar-refractivity contribution >= 4 is 5.91 Å². The minimum atomic E-state index is -0.383. The molecule has 0 aromatic carbocycles. The third-order valence-corrected chi connectivity index (χ3v) is 1.89. The quantitative estimate of drug-likeness (QED) is 0.743. The third-order valence-electron chi connectivity index (χ3n) is 1.89. The second-order valence-electron chi connectivity index (χ2n) is 2.73. The molecule has 4 heteroatoms. The fourth-order valence-corrected chi connectivity index (χ4v) is 1.06. The van der Waals surface area contributed by atoms with Crippen molar-refractivity contribution in [3.05, 3.63) is 23.9 Å². The van der Waals surface area contributed by atoms with Crippen LogP contribution in [0.5, 0.6) is 5.88 Å². The van der Waals surface area contributed by atoms with Crippen LogP contribution in [0, 0.1) is 0 Å². The van der Waals surface area contributed by atoms with E-state index in [2.05, 4.69) is 4.98 Å². The fourth-order valence-electron chi connectivity index (χ4n) is 1.06. The predicted molar refractivity (Wildman–Crippen MR) is 48.4 cm³/mol. The van der Waals surface area contributed by atoms with E-state index in [4.69, 9.17) is 10.5 Å². The summed E-state index contributed by atoms with van der Waals surface area (Å²) in [5.74, 6) is -0.302. The van der Waals surface area contributed by atoms with Gasteiger partial charge in [-0.25, -0.2) is 4.98 Å². The Kier molecular flexibility index (Phi) is 2.84. The van der Waals surface area contributed by atoms with Crippen LogP contribution in [0.25, 0.3) is 0 Å². The Morgan fingerprint density at radius 3 is 2.92 bits per heavy atom. The Labute approximate surface area is 76.7 Å². The number of ether oxygens (including phenoxy) is 1. The maximum Gasteiger partial charge on any atom is 0.224 e. The third kappa shape index (κ3) is 1.96. The highest BCUT2D eigenvalue weighted by atomic mass is 16.5. The van der Waals surface area contributed by atoms with E-state index in [-0.39, 0.29) is 11.8 Å². The maximum atomic E-state index is 10.9. The smallest absolute Gasteiger partial charge is 0.224 e. The number of amides is 1. The van der Waals surface area contributed by atoms with Gasteiger partial charge >= 0.3 is 0 Å². The maximum absolute atomic E-state index is 10.9. The summed E-state index contributed by atoms with van der Waals surface area (Å²) in [7, 11) is 1.51. The SMILES string of the molecule is COc1ncccc1C(C)C(N)=O. The number of aromatic nitrogens is 1. The van der Waals surface area contributed by atoms with Gasteiger partial charge in [0.15, 0.2) is 0 Å². The number of hydrogen-bond donors (Lipinski definition) is 1. The Bertz CT molecular complexity index is 312. The molecule has 1 aromatic heterocycles. The van der Waals surface area contributed by atoms with Crippen LogP contribution in [0.1, 0.15) is 18.4 Å². The summed E-state index contributed by atoms with van der Waals surface area (Å²) in [6, 6.07) is 3.53. The number of carbonyl (C=O) groups excluding carboxylic acids is 1. The van der Waals surface area contributed by atoms with E-state index in [9.17, 15) is 4.79 Å². The number of nitrogens with zero attached hydrogens (tertiary/aromatic N) is 1. The number of methoxy groups -OCH3 is 1. The van der Waals surface area contributed by atoms with Crippen LogP contribution in [-0.4, -0.2) is 18.0 Å². The highest BCUT2D eigenvalue weighted by Gasteiger charge is 2.16. The lowest BCUT2D eigenvalue weighted by Crippen LogP contribution is -2.19. The van der Waals surface area contributed by atoms with Crippen LogP contribution in [0.3, 0.4) is 0 Å². The number of hydrogen-bond acceptors (Lipinski definition) is 3. The van der Waals surface area contributed by atoms with E-state index in [0.717, 1.165) is 5.56 Å². The summed E-state index contributed by atoms with van der Waals surface area (Å²) < 4.78 is 5.00. The first kappa shape index (κ1) is 9.51. The van der Waals surface area contributed by atoms with Gasteiger partial charge in [-0.2, -0.15) is 0 Å². The van der Waals surface area contributed by atoms with E-state index in [1.54, 1.807) is 25.3 Å². The van der Waals surface area contributed by atoms with Crippen LogP contribution >= 0.6 is 0 Å². The van der Waals surface area contributed by atoms with Crippen molar-refractivity contribution in [1.82, 2.24) is 4.98 Å². The Morgan fingerprint density at radius 2 is 2.38 bits per heavy atom. The van der Waals surface area contributed by atoms with E-state index < -0.39 is 0 Å². The van der Waals surface area contributed by atoms with Crippen LogP contribution in [0.4, 0.5) is 0 Å². The standard InChI is InChI=1S/C9H12N2O2/c1-6(8(10)12)7-4-3-5-11-9(7)13-2/h3-6H,1-2H3,(H2,10,12). The molecule has 0 aliphatic heterocycles. The zero-order chi connectivity index (χ0) is 9.84. The number of carbonyl (C=O) groups is 1. The molecule has 0 fully saturated rings. The molecule has 0 bridgehead atoms. The van der Waals surface area contributed by atoms with Crippen LogP contribution in [-0.2, 0) is 4.79 Å². The predicted octanol–water partition coefficient (Wildman–Crippen LogP) is 0.679. The van der Waals surface area contributed by atoms with Crippen molar-refractivity contribution < 1.29 is 9.53 Å². The largest absolute Gasteiger partial charge is 0.481 e. The average Bonchev–Trinajstić information content (AvgIpc) is 2.16. The van der Waals surface area contributed by atoms with Gasteiger partial charge in [0.25, 0.3) is 0 Å². The van der Waals surface area contributed by atoms with Crippen molar-refractivity contribution in [1.29, 1.82) is 0 Å². The van der Waals surface area contributed by atoms with E-state index in [1.165, 1.54) is 7.11 Å². The second-order valence-corrected chi connectivity index (χ2v) is 2.73. The molecule has 0 spiro atoms. The molecule has 1 amide bonds. The summed E-state index contributed by atoms with van der Waals surface area (Å²) in [6.45, 7) is 1.72. The first-order valence-corrected chi connectivity index (χ1v) is 3.95. The highest BCUT2D eigenvalue weighted by Crippen LogP contribution is 2.22. The minimum Gasteiger partial charge on any atom is -0.481 e. The van der Waals surface area contributed by atoms with E-state index in [0.29, 0.717) is 5.88 Å². The topological polar surface area (TPSA) is 65.2 Å². The van der Waals surface area contributed by atoms with Gasteiger partial charge in [-0.15, -0.1) is 0 Å². The first-order chi connectivity index (χ1) is 6.16. The van der Waals surface area contributed by atoms with Gasteiger partial charge in [0, 0.05) is 11.8 Å². The summed E-state index contributed by atoms with van der Waals surface area (Å²) in [5.41, 5.74) is 5.89. The lowest BCUT2D eigenvalue weighted by atomic mass is 10.0. The lowest BCUT2D eigenvalue weighted by Gasteiger charge is -2.10. The molecule has 1 rings (SSSR count). The summed E-state index contributed by atoms with van der Waals surface area (Å²) in [6.07, 6.45) is 1.61. The summed E-state index contributed by atoms with van der Waals surface area (Å²) >= 11 is 0. The molecule has 13 heavy (non-hydrogen) atoms. The molecule has 0 aliphatic carbocycles. The summed E-state index contributed by atoms with van der Waals surface area (Å²) in [4.78, 5) is 14.9. The zero-order valence-corrected chi connectivity index (χ0v) is 7.65. The van der Waals surface area contributed by atoms with Gasteiger partial charge in [-0.05, 0) is 13.0 Å². The van der Waals surface area contributed by atoms with Crippen LogP contribution in [0.2, 0.25) is 0 Å². The van der Waals surface area contributed by atoms with Gasteiger partial charge in [0.2, 0.25) is 11.8 Å². The fraction of sp³-hybridized carbons (Fsp3) is 0.333. The summed E-state index contributed by atoms with van der Waals surface area (Å²) in [5, 5.41) is 0. The Morgan fingerprint density at radius 1 is 1.69 bits per heavy atom. The van der Waals surface area contributed by atoms with Gasteiger partial charge in [0.05, 0.1) is 13.0 Å². The van der Waals surface area contributed by atoms with Crippen molar-refractivity contribution in [2.24, 2.45) is 5.73 Å². The van der Waals surface area contributed by atoms with Gasteiger partial charge in [-0.3, -0.25) is 4.79 Å². The molecular weight excluding hydrogens is 168 g/mol. The molecule has 2 N–H and O–H groups in total. The number of pyridine rings is 1.